The van der Waals surface area contributed by atoms with Crippen LogP contribution in [0, 0.1) is 0 Å². The molecule has 0 amide bonds. The molecule has 1 heterocycles. The van der Waals surface area contributed by atoms with Crippen LogP contribution in [0.4, 0.5) is 0 Å². The minimum absolute atomic E-state index is 0.194. The lowest BCUT2D eigenvalue weighted by Crippen LogP contribution is -2.21. The Morgan fingerprint density at radius 2 is 1.60 bits per heavy atom. The fourth-order valence-corrected chi connectivity index (χ4v) is 3.06. The van der Waals surface area contributed by atoms with Crippen LogP contribution >= 0.6 is 0 Å². The van der Waals surface area contributed by atoms with Crippen LogP contribution in [0.2, 0.25) is 0 Å². The van der Waals surface area contributed by atoms with E-state index in [1.54, 1.807) is 40.6 Å². The summed E-state index contributed by atoms with van der Waals surface area (Å²) in [6.45, 7) is 0. The average Bonchev–Trinajstić information content (AvgIpc) is 2.65. The Morgan fingerprint density at radius 1 is 0.920 bits per heavy atom. The Bertz CT molecular complexity index is 773. The first kappa shape index (κ1) is 17.0. The van der Waals surface area contributed by atoms with Crippen molar-refractivity contribution in [2.45, 2.75) is 12.3 Å². The van der Waals surface area contributed by atoms with E-state index in [1.165, 1.54) is 0 Å². The van der Waals surface area contributed by atoms with E-state index in [-0.39, 0.29) is 18.3 Å². The molecule has 1 aliphatic heterocycles. The van der Waals surface area contributed by atoms with Gasteiger partial charge in [-0.15, -0.1) is 0 Å². The van der Waals surface area contributed by atoms with Crippen molar-refractivity contribution in [3.05, 3.63) is 41.5 Å². The van der Waals surface area contributed by atoms with E-state index in [9.17, 15) is 4.79 Å². The first-order chi connectivity index (χ1) is 12.1. The van der Waals surface area contributed by atoms with Crippen molar-refractivity contribution >= 4 is 5.97 Å². The monoisotopic (exact) mass is 344 g/mol. The van der Waals surface area contributed by atoms with Gasteiger partial charge in [0.1, 0.15) is 11.5 Å². The maximum atomic E-state index is 12.1. The van der Waals surface area contributed by atoms with Gasteiger partial charge >= 0.3 is 5.97 Å². The SMILES string of the molecule is COc1ccc2c(c1)[C@@H](c1cc(OC)c(OC)c(OC)c1)CC(=O)O2. The Balaban J connectivity index is 2.15. The molecule has 0 radical (unpaired) electrons. The zero-order valence-corrected chi connectivity index (χ0v) is 14.6. The van der Waals surface area contributed by atoms with E-state index in [4.69, 9.17) is 23.7 Å². The Labute approximate surface area is 146 Å². The summed E-state index contributed by atoms with van der Waals surface area (Å²) in [7, 11) is 6.28. The highest BCUT2D eigenvalue weighted by Gasteiger charge is 2.30. The number of hydrogen-bond acceptors (Lipinski definition) is 6. The van der Waals surface area contributed by atoms with Crippen molar-refractivity contribution in [1.29, 1.82) is 0 Å². The van der Waals surface area contributed by atoms with E-state index in [1.807, 2.05) is 18.2 Å². The summed E-state index contributed by atoms with van der Waals surface area (Å²) in [5.41, 5.74) is 1.76. The molecular weight excluding hydrogens is 324 g/mol. The van der Waals surface area contributed by atoms with Crippen LogP contribution in [0.1, 0.15) is 23.5 Å². The molecule has 0 saturated carbocycles. The van der Waals surface area contributed by atoms with Gasteiger partial charge in [-0.1, -0.05) is 0 Å². The van der Waals surface area contributed by atoms with E-state index >= 15 is 0 Å². The molecule has 1 aliphatic rings. The Hall–Kier alpha value is -2.89. The first-order valence-electron chi connectivity index (χ1n) is 7.79. The second kappa shape index (κ2) is 6.93. The van der Waals surface area contributed by atoms with Gasteiger partial charge in [-0.25, -0.2) is 0 Å². The lowest BCUT2D eigenvalue weighted by atomic mass is 9.86. The van der Waals surface area contributed by atoms with E-state index in [0.29, 0.717) is 28.7 Å². The molecule has 0 spiro atoms. The fourth-order valence-electron chi connectivity index (χ4n) is 3.06. The maximum absolute atomic E-state index is 12.1. The third kappa shape index (κ3) is 3.07. The van der Waals surface area contributed by atoms with Gasteiger partial charge in [0.2, 0.25) is 5.75 Å². The summed E-state index contributed by atoms with van der Waals surface area (Å²) in [4.78, 5) is 12.1. The smallest absolute Gasteiger partial charge is 0.312 e. The van der Waals surface area contributed by atoms with E-state index in [0.717, 1.165) is 11.1 Å². The summed E-state index contributed by atoms with van der Waals surface area (Å²) in [6, 6.07) is 9.11. The number of carbonyl (C=O) groups is 1. The highest BCUT2D eigenvalue weighted by molar-refractivity contribution is 5.78. The van der Waals surface area contributed by atoms with Crippen molar-refractivity contribution < 1.29 is 28.5 Å². The van der Waals surface area contributed by atoms with Crippen molar-refractivity contribution in [1.82, 2.24) is 0 Å². The minimum Gasteiger partial charge on any atom is -0.497 e. The molecule has 0 unspecified atom stereocenters. The quantitative estimate of drug-likeness (QED) is 0.613. The van der Waals surface area contributed by atoms with Crippen molar-refractivity contribution in [3.63, 3.8) is 0 Å². The molecule has 25 heavy (non-hydrogen) atoms. The van der Waals surface area contributed by atoms with Crippen LogP contribution in [-0.2, 0) is 4.79 Å². The van der Waals surface area contributed by atoms with Gasteiger partial charge in [-0.05, 0) is 35.9 Å². The fraction of sp³-hybridized carbons (Fsp3) is 0.316. The zero-order chi connectivity index (χ0) is 18.0. The molecule has 1 atom stereocenters. The standard InChI is InChI=1S/C19H20O6/c1-21-12-5-6-15-14(9-12)13(10-18(20)25-15)11-7-16(22-2)19(24-4)17(8-11)23-3/h5-9,13H,10H2,1-4H3/t13-/m1/s1. The second-order valence-electron chi connectivity index (χ2n) is 5.59. The van der Waals surface area contributed by atoms with Gasteiger partial charge in [0.05, 0.1) is 34.9 Å². The summed E-state index contributed by atoms with van der Waals surface area (Å²) in [6.07, 6.45) is 0.221. The zero-order valence-electron chi connectivity index (χ0n) is 14.6. The first-order valence-corrected chi connectivity index (χ1v) is 7.79. The maximum Gasteiger partial charge on any atom is 0.312 e. The molecule has 3 rings (SSSR count). The number of esters is 1. The second-order valence-corrected chi connectivity index (χ2v) is 5.59. The molecule has 0 saturated heterocycles. The highest BCUT2D eigenvalue weighted by Crippen LogP contribution is 2.45. The van der Waals surface area contributed by atoms with E-state index < -0.39 is 0 Å². The number of rotatable bonds is 5. The summed E-state index contributed by atoms with van der Waals surface area (Å²) < 4.78 is 26.9. The normalized spacial score (nSPS) is 15.8. The number of fused-ring (bicyclic) bond motifs is 1. The van der Waals surface area contributed by atoms with Gasteiger partial charge in [-0.2, -0.15) is 0 Å². The predicted molar refractivity (Wildman–Crippen MR) is 91.2 cm³/mol. The third-order valence-electron chi connectivity index (χ3n) is 4.28. The Morgan fingerprint density at radius 3 is 2.16 bits per heavy atom. The molecule has 6 heteroatoms. The van der Waals surface area contributed by atoms with Crippen LogP contribution in [0.3, 0.4) is 0 Å². The number of carbonyl (C=O) groups excluding carboxylic acids is 1. The number of methoxy groups -OCH3 is 4. The number of hydrogen-bond donors (Lipinski definition) is 0. The van der Waals surface area contributed by atoms with Crippen LogP contribution in [0.25, 0.3) is 0 Å². The van der Waals surface area contributed by atoms with Gasteiger partial charge < -0.3 is 23.7 Å². The lowest BCUT2D eigenvalue weighted by molar-refractivity contribution is -0.135. The predicted octanol–water partition coefficient (Wildman–Crippen LogP) is 3.16. The van der Waals surface area contributed by atoms with Gasteiger partial charge in [0.25, 0.3) is 0 Å². The molecule has 0 aliphatic carbocycles. The van der Waals surface area contributed by atoms with Crippen LogP contribution in [0.15, 0.2) is 30.3 Å². The van der Waals surface area contributed by atoms with Crippen molar-refractivity contribution in [2.75, 3.05) is 28.4 Å². The topological polar surface area (TPSA) is 63.2 Å². The summed E-state index contributed by atoms with van der Waals surface area (Å²) >= 11 is 0. The number of benzene rings is 2. The number of ether oxygens (including phenoxy) is 5. The summed E-state index contributed by atoms with van der Waals surface area (Å²) in [5, 5.41) is 0. The summed E-state index contributed by atoms with van der Waals surface area (Å²) in [5.74, 6) is 2.36. The van der Waals surface area contributed by atoms with Crippen molar-refractivity contribution in [3.8, 4) is 28.7 Å². The molecule has 0 N–H and O–H groups in total. The van der Waals surface area contributed by atoms with Gasteiger partial charge in [0, 0.05) is 11.5 Å². The van der Waals surface area contributed by atoms with Crippen molar-refractivity contribution in [2.24, 2.45) is 0 Å². The largest absolute Gasteiger partial charge is 0.497 e. The molecule has 2 aromatic carbocycles. The van der Waals surface area contributed by atoms with Gasteiger partial charge in [-0.3, -0.25) is 4.79 Å². The van der Waals surface area contributed by atoms with Gasteiger partial charge in [0.15, 0.2) is 11.5 Å². The molecule has 132 valence electrons. The molecule has 2 aromatic rings. The highest BCUT2D eigenvalue weighted by atomic mass is 16.5. The lowest BCUT2D eigenvalue weighted by Gasteiger charge is -2.26. The van der Waals surface area contributed by atoms with Crippen LogP contribution < -0.4 is 23.7 Å². The molecular formula is C19H20O6. The Kier molecular flexibility index (Phi) is 4.70. The molecule has 6 nitrogen and oxygen atoms in total. The average molecular weight is 344 g/mol. The van der Waals surface area contributed by atoms with Crippen LogP contribution in [0.5, 0.6) is 28.7 Å². The molecule has 0 bridgehead atoms. The molecule has 0 aromatic heterocycles. The molecule has 0 fully saturated rings. The third-order valence-corrected chi connectivity index (χ3v) is 4.28. The minimum atomic E-state index is -0.281. The van der Waals surface area contributed by atoms with E-state index in [2.05, 4.69) is 0 Å². The van der Waals surface area contributed by atoms with Crippen LogP contribution in [-0.4, -0.2) is 34.4 Å².